The van der Waals surface area contributed by atoms with Crippen LogP contribution in [0.2, 0.25) is 0 Å². The van der Waals surface area contributed by atoms with Crippen LogP contribution in [0.15, 0.2) is 0 Å². The number of nitrogens with zero attached hydrogens (tertiary/aromatic N) is 2. The van der Waals surface area contributed by atoms with Crippen LogP contribution in [0.5, 0.6) is 0 Å². The minimum Gasteiger partial charge on any atom is -0.312 e. The Morgan fingerprint density at radius 2 is 1.94 bits per heavy atom. The molecule has 3 nitrogen and oxygen atoms in total. The third kappa shape index (κ3) is 3.94. The smallest absolute Gasteiger partial charge is 0.0223 e. The van der Waals surface area contributed by atoms with Crippen molar-refractivity contribution in [1.29, 1.82) is 0 Å². The summed E-state index contributed by atoms with van der Waals surface area (Å²) in [5.74, 6) is 0. The lowest BCUT2D eigenvalue weighted by Crippen LogP contribution is -2.51. The summed E-state index contributed by atoms with van der Waals surface area (Å²) >= 11 is 0. The first-order valence-electron chi connectivity index (χ1n) is 7.80. The van der Waals surface area contributed by atoms with Gasteiger partial charge in [0.05, 0.1) is 0 Å². The van der Waals surface area contributed by atoms with Crippen LogP contribution in [0.4, 0.5) is 0 Å². The second-order valence-corrected chi connectivity index (χ2v) is 6.46. The van der Waals surface area contributed by atoms with Gasteiger partial charge in [-0.3, -0.25) is 4.90 Å². The minimum absolute atomic E-state index is 0.655. The average Bonchev–Trinajstić information content (AvgIpc) is 2.88. The predicted molar refractivity (Wildman–Crippen MR) is 78.0 cm³/mol. The van der Waals surface area contributed by atoms with E-state index in [2.05, 4.69) is 36.1 Å². The van der Waals surface area contributed by atoms with Gasteiger partial charge in [0.1, 0.15) is 0 Å². The second-order valence-electron chi connectivity index (χ2n) is 6.46. The number of hydrogen-bond donors (Lipinski definition) is 1. The first-order valence-corrected chi connectivity index (χ1v) is 7.80. The highest BCUT2D eigenvalue weighted by atomic mass is 15.2. The van der Waals surface area contributed by atoms with E-state index in [1.807, 2.05) is 0 Å². The molecule has 0 radical (unpaired) electrons. The van der Waals surface area contributed by atoms with Crippen molar-refractivity contribution in [3.63, 3.8) is 0 Å². The Balaban J connectivity index is 1.71. The maximum atomic E-state index is 3.76. The maximum absolute atomic E-state index is 3.76. The van der Waals surface area contributed by atoms with Gasteiger partial charge in [0.2, 0.25) is 0 Å². The van der Waals surface area contributed by atoms with Crippen LogP contribution in [0.1, 0.15) is 45.4 Å². The summed E-state index contributed by atoms with van der Waals surface area (Å²) in [6.45, 7) is 6.04. The Morgan fingerprint density at radius 1 is 1.22 bits per heavy atom. The van der Waals surface area contributed by atoms with Crippen molar-refractivity contribution in [3.05, 3.63) is 0 Å². The molecule has 3 heteroatoms. The zero-order valence-electron chi connectivity index (χ0n) is 12.5. The summed E-state index contributed by atoms with van der Waals surface area (Å²) in [6, 6.07) is 2.21. The normalized spacial score (nSPS) is 29.0. The van der Waals surface area contributed by atoms with Crippen molar-refractivity contribution in [1.82, 2.24) is 15.1 Å². The quantitative estimate of drug-likeness (QED) is 0.808. The predicted octanol–water partition coefficient (Wildman–Crippen LogP) is 1.93. The molecule has 2 fully saturated rings. The van der Waals surface area contributed by atoms with Crippen molar-refractivity contribution in [2.24, 2.45) is 0 Å². The molecule has 1 aliphatic carbocycles. The first kappa shape index (κ1) is 14.3. The molecular weight excluding hydrogens is 222 g/mol. The van der Waals surface area contributed by atoms with E-state index in [4.69, 9.17) is 0 Å². The molecule has 1 saturated carbocycles. The van der Waals surface area contributed by atoms with E-state index in [0.29, 0.717) is 6.04 Å². The van der Waals surface area contributed by atoms with Crippen LogP contribution in [-0.2, 0) is 0 Å². The number of hydrogen-bond acceptors (Lipinski definition) is 3. The Labute approximate surface area is 113 Å². The van der Waals surface area contributed by atoms with Crippen molar-refractivity contribution in [2.75, 3.05) is 33.7 Å². The van der Waals surface area contributed by atoms with Gasteiger partial charge in [0.25, 0.3) is 0 Å². The summed E-state index contributed by atoms with van der Waals surface area (Å²) in [5.41, 5.74) is 0. The number of likely N-dealkylation sites (N-methyl/N-ethyl adjacent to an activating group) is 2. The third-order valence-electron chi connectivity index (χ3n) is 4.93. The van der Waals surface area contributed by atoms with Gasteiger partial charge in [-0.2, -0.15) is 0 Å². The number of nitrogens with one attached hydrogen (secondary N) is 1. The Kier molecular flexibility index (Phi) is 5.46. The fraction of sp³-hybridized carbons (Fsp3) is 1.00. The van der Waals surface area contributed by atoms with Crippen LogP contribution < -0.4 is 5.32 Å². The van der Waals surface area contributed by atoms with Crippen LogP contribution in [-0.4, -0.2) is 61.7 Å². The lowest BCUT2D eigenvalue weighted by Gasteiger charge is -2.39. The van der Waals surface area contributed by atoms with Crippen molar-refractivity contribution in [2.45, 2.75) is 63.6 Å². The van der Waals surface area contributed by atoms with Gasteiger partial charge in [-0.05, 0) is 53.2 Å². The van der Waals surface area contributed by atoms with Gasteiger partial charge >= 0.3 is 0 Å². The standard InChI is InChI=1S/C15H31N3/c1-13(11-16-14-7-4-5-8-14)18(3)15-9-6-10-17(2)12-15/h13-16H,4-12H2,1-3H3. The largest absolute Gasteiger partial charge is 0.312 e. The van der Waals surface area contributed by atoms with E-state index in [0.717, 1.165) is 18.6 Å². The Hall–Kier alpha value is -0.120. The number of rotatable bonds is 5. The zero-order valence-corrected chi connectivity index (χ0v) is 12.5. The molecule has 1 heterocycles. The highest BCUT2D eigenvalue weighted by Gasteiger charge is 2.24. The third-order valence-corrected chi connectivity index (χ3v) is 4.93. The molecule has 1 N–H and O–H groups in total. The van der Waals surface area contributed by atoms with Crippen LogP contribution in [0, 0.1) is 0 Å². The molecule has 0 aromatic rings. The highest BCUT2D eigenvalue weighted by Crippen LogP contribution is 2.18. The van der Waals surface area contributed by atoms with Crippen LogP contribution in [0.25, 0.3) is 0 Å². The molecule has 2 unspecified atom stereocenters. The molecule has 0 spiro atoms. The van der Waals surface area contributed by atoms with E-state index in [9.17, 15) is 0 Å². The summed E-state index contributed by atoms with van der Waals surface area (Å²) in [7, 11) is 4.56. The van der Waals surface area contributed by atoms with Gasteiger partial charge in [-0.15, -0.1) is 0 Å². The SMILES string of the molecule is CC(CNC1CCCC1)N(C)C1CCCN(C)C1. The fourth-order valence-electron chi connectivity index (χ4n) is 3.44. The highest BCUT2D eigenvalue weighted by molar-refractivity contribution is 4.83. The van der Waals surface area contributed by atoms with Gasteiger partial charge < -0.3 is 10.2 Å². The summed E-state index contributed by atoms with van der Waals surface area (Å²) in [4.78, 5) is 5.07. The maximum Gasteiger partial charge on any atom is 0.0223 e. The molecule has 0 aromatic carbocycles. The van der Waals surface area contributed by atoms with Crippen molar-refractivity contribution < 1.29 is 0 Å². The molecule has 0 bridgehead atoms. The van der Waals surface area contributed by atoms with Gasteiger partial charge in [-0.1, -0.05) is 12.8 Å². The molecule has 106 valence electrons. The molecular formula is C15H31N3. The van der Waals surface area contributed by atoms with E-state index < -0.39 is 0 Å². The van der Waals surface area contributed by atoms with Gasteiger partial charge in [0.15, 0.2) is 0 Å². The van der Waals surface area contributed by atoms with E-state index >= 15 is 0 Å². The zero-order chi connectivity index (χ0) is 13.0. The van der Waals surface area contributed by atoms with Crippen molar-refractivity contribution in [3.8, 4) is 0 Å². The average molecular weight is 253 g/mol. The van der Waals surface area contributed by atoms with E-state index in [1.54, 1.807) is 0 Å². The van der Waals surface area contributed by atoms with Crippen LogP contribution in [0.3, 0.4) is 0 Å². The Morgan fingerprint density at radius 3 is 2.61 bits per heavy atom. The first-order chi connectivity index (χ1) is 8.66. The monoisotopic (exact) mass is 253 g/mol. The Bertz CT molecular complexity index is 238. The summed E-state index contributed by atoms with van der Waals surface area (Å²) in [5, 5.41) is 3.76. The van der Waals surface area contributed by atoms with E-state index in [1.165, 1.54) is 51.6 Å². The summed E-state index contributed by atoms with van der Waals surface area (Å²) in [6.07, 6.45) is 8.36. The van der Waals surface area contributed by atoms with Gasteiger partial charge in [0, 0.05) is 31.2 Å². The number of piperidine rings is 1. The minimum atomic E-state index is 0.655. The molecule has 0 amide bonds. The molecule has 1 aliphatic heterocycles. The molecule has 2 atom stereocenters. The van der Waals surface area contributed by atoms with Crippen molar-refractivity contribution >= 4 is 0 Å². The molecule has 2 aliphatic rings. The van der Waals surface area contributed by atoms with E-state index in [-0.39, 0.29) is 0 Å². The molecule has 1 saturated heterocycles. The lowest BCUT2D eigenvalue weighted by atomic mass is 10.0. The second kappa shape index (κ2) is 6.88. The number of likely N-dealkylation sites (tertiary alicyclic amines) is 1. The molecule has 0 aromatic heterocycles. The topological polar surface area (TPSA) is 18.5 Å². The van der Waals surface area contributed by atoms with Gasteiger partial charge in [-0.25, -0.2) is 0 Å². The summed E-state index contributed by atoms with van der Waals surface area (Å²) < 4.78 is 0. The fourth-order valence-corrected chi connectivity index (χ4v) is 3.44. The lowest BCUT2D eigenvalue weighted by molar-refractivity contribution is 0.103. The molecule has 18 heavy (non-hydrogen) atoms. The van der Waals surface area contributed by atoms with Crippen LogP contribution >= 0.6 is 0 Å². The molecule has 2 rings (SSSR count).